The summed E-state index contributed by atoms with van der Waals surface area (Å²) in [5, 5.41) is 70.6. The van der Waals surface area contributed by atoms with Crippen LogP contribution in [-0.4, -0.2) is 142 Å². The zero-order chi connectivity index (χ0) is 31.2. The first kappa shape index (κ1) is 36.7. The quantitative estimate of drug-likeness (QED) is 0.0671. The van der Waals surface area contributed by atoms with Crippen LogP contribution in [0.15, 0.2) is 0 Å². The van der Waals surface area contributed by atoms with Gasteiger partial charge in [0.2, 0.25) is 0 Å². The summed E-state index contributed by atoms with van der Waals surface area (Å²) in [5.41, 5.74) is 0. The summed E-state index contributed by atoms with van der Waals surface area (Å²) in [5.74, 6) is -0.991. The molecule has 0 amide bonds. The zero-order valence-electron chi connectivity index (χ0n) is 24.2. The molecule has 11 atom stereocenters. The minimum atomic E-state index is -1.75. The van der Waals surface area contributed by atoms with Crippen LogP contribution in [0.2, 0.25) is 0 Å². The summed E-state index contributed by atoms with van der Waals surface area (Å²) >= 11 is 0. The van der Waals surface area contributed by atoms with Crippen molar-refractivity contribution in [3.63, 3.8) is 0 Å². The number of esters is 2. The van der Waals surface area contributed by atoms with Crippen molar-refractivity contribution in [2.45, 2.75) is 133 Å². The van der Waals surface area contributed by atoms with E-state index in [1.165, 1.54) is 0 Å². The highest BCUT2D eigenvalue weighted by Crippen LogP contribution is 2.26. The van der Waals surface area contributed by atoms with E-state index in [-0.39, 0.29) is 26.1 Å². The molecule has 0 aromatic carbocycles. The van der Waals surface area contributed by atoms with E-state index in [0.717, 1.165) is 25.7 Å². The third-order valence-electron chi connectivity index (χ3n) is 7.09. The van der Waals surface area contributed by atoms with Crippen molar-refractivity contribution in [2.75, 3.05) is 26.4 Å². The standard InChI is InChI=1S/C27H48O15/c1-3-5-7-8-10-19(30)40-15(12-37-18(29)9-6-4-2)13-38-26-25(36)23(34)21(32)17(42-26)14-39-27-24(35)22(33)20(31)16(11-28)41-27/h15-17,20-28,31-36H,3-14H2,1-2H3/t15-,16-,17-,20+,21+,22+,23+,24-,25-,26-,27+/m1/s1. The Balaban J connectivity index is 1.99. The molecule has 0 aliphatic carbocycles. The van der Waals surface area contributed by atoms with Crippen LogP contribution < -0.4 is 0 Å². The lowest BCUT2D eigenvalue weighted by atomic mass is 9.98. The Kier molecular flexibility index (Phi) is 16.6. The van der Waals surface area contributed by atoms with Gasteiger partial charge in [-0.1, -0.05) is 39.5 Å². The number of ether oxygens (including phenoxy) is 6. The maximum absolute atomic E-state index is 12.4. The number of carbonyl (C=O) groups excluding carboxylic acids is 2. The van der Waals surface area contributed by atoms with Crippen molar-refractivity contribution in [1.82, 2.24) is 0 Å². The highest BCUT2D eigenvalue weighted by Gasteiger charge is 2.47. The summed E-state index contributed by atoms with van der Waals surface area (Å²) in [6.45, 7) is 2.08. The lowest BCUT2D eigenvalue weighted by Crippen LogP contribution is -2.61. The zero-order valence-corrected chi connectivity index (χ0v) is 24.2. The van der Waals surface area contributed by atoms with Crippen molar-refractivity contribution in [2.24, 2.45) is 0 Å². The Bertz CT molecular complexity index is 783. The van der Waals surface area contributed by atoms with Crippen LogP contribution in [0.5, 0.6) is 0 Å². The van der Waals surface area contributed by atoms with Gasteiger partial charge in [-0.15, -0.1) is 0 Å². The van der Waals surface area contributed by atoms with Crippen LogP contribution in [0.1, 0.15) is 65.2 Å². The van der Waals surface area contributed by atoms with Gasteiger partial charge in [-0.3, -0.25) is 9.59 Å². The third kappa shape index (κ3) is 11.2. The molecule has 0 bridgehead atoms. The molecule has 0 unspecified atom stereocenters. The second-order valence-corrected chi connectivity index (χ2v) is 10.6. The van der Waals surface area contributed by atoms with E-state index in [1.54, 1.807) is 0 Å². The van der Waals surface area contributed by atoms with Crippen LogP contribution in [0, 0.1) is 0 Å². The first-order chi connectivity index (χ1) is 20.0. The number of aliphatic hydroxyl groups excluding tert-OH is 7. The predicted molar refractivity (Wildman–Crippen MR) is 141 cm³/mol. The van der Waals surface area contributed by atoms with Gasteiger partial charge in [0.1, 0.15) is 55.4 Å². The normalized spacial score (nSPS) is 34.1. The van der Waals surface area contributed by atoms with Crippen molar-refractivity contribution in [1.29, 1.82) is 0 Å². The van der Waals surface area contributed by atoms with Gasteiger partial charge in [-0.2, -0.15) is 0 Å². The molecular formula is C27H48O15. The van der Waals surface area contributed by atoms with Gasteiger partial charge >= 0.3 is 11.9 Å². The summed E-state index contributed by atoms with van der Waals surface area (Å²) < 4.78 is 32.5. The number of carbonyl (C=O) groups is 2. The minimum absolute atomic E-state index is 0.158. The van der Waals surface area contributed by atoms with Crippen molar-refractivity contribution >= 4 is 11.9 Å². The molecular weight excluding hydrogens is 564 g/mol. The Morgan fingerprint density at radius 1 is 0.667 bits per heavy atom. The average molecular weight is 613 g/mol. The lowest BCUT2D eigenvalue weighted by Gasteiger charge is -2.42. The Morgan fingerprint density at radius 2 is 1.24 bits per heavy atom. The maximum atomic E-state index is 12.4. The summed E-state index contributed by atoms with van der Waals surface area (Å²) in [6.07, 6.45) is -11.6. The second kappa shape index (κ2) is 19.0. The summed E-state index contributed by atoms with van der Waals surface area (Å²) in [7, 11) is 0. The van der Waals surface area contributed by atoms with Crippen LogP contribution in [0.4, 0.5) is 0 Å². The number of rotatable bonds is 18. The van der Waals surface area contributed by atoms with Crippen LogP contribution in [-0.2, 0) is 38.0 Å². The highest BCUT2D eigenvalue weighted by molar-refractivity contribution is 5.70. The number of unbranched alkanes of at least 4 members (excludes halogenated alkanes) is 4. The second-order valence-electron chi connectivity index (χ2n) is 10.6. The molecule has 42 heavy (non-hydrogen) atoms. The summed E-state index contributed by atoms with van der Waals surface area (Å²) in [4.78, 5) is 24.4. The van der Waals surface area contributed by atoms with Crippen LogP contribution >= 0.6 is 0 Å². The maximum Gasteiger partial charge on any atom is 0.306 e. The molecule has 2 heterocycles. The van der Waals surface area contributed by atoms with Gasteiger partial charge < -0.3 is 64.2 Å². The van der Waals surface area contributed by atoms with E-state index in [2.05, 4.69) is 0 Å². The van der Waals surface area contributed by atoms with Gasteiger partial charge in [0.15, 0.2) is 18.7 Å². The number of hydrogen-bond acceptors (Lipinski definition) is 15. The van der Waals surface area contributed by atoms with E-state index >= 15 is 0 Å². The first-order valence-corrected chi connectivity index (χ1v) is 14.6. The molecule has 2 aliphatic rings. The van der Waals surface area contributed by atoms with Gasteiger partial charge in [0.25, 0.3) is 0 Å². The smallest absolute Gasteiger partial charge is 0.306 e. The number of hydrogen-bond donors (Lipinski definition) is 7. The fraction of sp³-hybridized carbons (Fsp3) is 0.926. The van der Waals surface area contributed by atoms with Gasteiger partial charge in [0.05, 0.1) is 19.8 Å². The van der Waals surface area contributed by atoms with Gasteiger partial charge in [-0.05, 0) is 12.8 Å². The van der Waals surface area contributed by atoms with E-state index < -0.39 is 92.7 Å². The monoisotopic (exact) mass is 612 g/mol. The molecule has 0 radical (unpaired) electrons. The third-order valence-corrected chi connectivity index (χ3v) is 7.09. The Hall–Kier alpha value is -1.50. The van der Waals surface area contributed by atoms with Gasteiger partial charge in [0, 0.05) is 12.8 Å². The van der Waals surface area contributed by atoms with Gasteiger partial charge in [-0.25, -0.2) is 0 Å². The van der Waals surface area contributed by atoms with Crippen LogP contribution in [0.25, 0.3) is 0 Å². The fourth-order valence-electron chi connectivity index (χ4n) is 4.43. The molecule has 0 spiro atoms. The molecule has 246 valence electrons. The lowest BCUT2D eigenvalue weighted by molar-refractivity contribution is -0.332. The molecule has 2 saturated heterocycles. The molecule has 15 heteroatoms. The fourth-order valence-corrected chi connectivity index (χ4v) is 4.43. The molecule has 0 aromatic rings. The Morgan fingerprint density at radius 3 is 1.86 bits per heavy atom. The molecule has 2 rings (SSSR count). The highest BCUT2D eigenvalue weighted by atomic mass is 16.7. The van der Waals surface area contributed by atoms with E-state index in [0.29, 0.717) is 12.8 Å². The van der Waals surface area contributed by atoms with Crippen molar-refractivity contribution in [3.8, 4) is 0 Å². The largest absolute Gasteiger partial charge is 0.462 e. The van der Waals surface area contributed by atoms with Crippen molar-refractivity contribution < 1.29 is 73.8 Å². The average Bonchev–Trinajstić information content (AvgIpc) is 2.98. The molecule has 2 aliphatic heterocycles. The molecule has 0 aromatic heterocycles. The van der Waals surface area contributed by atoms with E-state index in [9.17, 15) is 45.3 Å². The van der Waals surface area contributed by atoms with E-state index in [1.807, 2.05) is 13.8 Å². The Labute approximate surface area is 245 Å². The number of aliphatic hydroxyl groups is 7. The van der Waals surface area contributed by atoms with E-state index in [4.69, 9.17) is 28.4 Å². The van der Waals surface area contributed by atoms with Crippen LogP contribution in [0.3, 0.4) is 0 Å². The molecule has 7 N–H and O–H groups in total. The van der Waals surface area contributed by atoms with Crippen molar-refractivity contribution in [3.05, 3.63) is 0 Å². The minimum Gasteiger partial charge on any atom is -0.462 e. The predicted octanol–water partition coefficient (Wildman–Crippen LogP) is -1.76. The molecule has 2 fully saturated rings. The topological polar surface area (TPSA) is 231 Å². The SMILES string of the molecule is CCCCCCC(=O)O[C@H](COC(=O)CCCC)CO[C@@H]1O[C@H](CO[C@H]2O[C@H](CO)[C@H](O)[C@H](O)[C@H]2O)[C@H](O)[C@H](O)[C@H]1O. The summed E-state index contributed by atoms with van der Waals surface area (Å²) in [6, 6.07) is 0. The molecule has 15 nitrogen and oxygen atoms in total. The molecule has 0 saturated carbocycles. The first-order valence-electron chi connectivity index (χ1n) is 14.6.